The molecule has 0 amide bonds. The zero-order chi connectivity index (χ0) is 13.2. The molecule has 2 aromatic rings. The molecule has 0 aliphatic carbocycles. The van der Waals surface area contributed by atoms with E-state index in [0.29, 0.717) is 0 Å². The number of nitrogens with zero attached hydrogens (tertiary/aromatic N) is 3. The van der Waals surface area contributed by atoms with Crippen molar-refractivity contribution in [2.24, 2.45) is 7.05 Å². The van der Waals surface area contributed by atoms with Gasteiger partial charge in [0.05, 0.1) is 0 Å². The van der Waals surface area contributed by atoms with Crippen LogP contribution in [-0.4, -0.2) is 27.8 Å². The third-order valence-electron chi connectivity index (χ3n) is 3.99. The molecular weight excluding hydrogens is 236 g/mol. The molecule has 2 heterocycles. The van der Waals surface area contributed by atoms with Crippen LogP contribution in [0.1, 0.15) is 16.8 Å². The molecule has 0 spiro atoms. The van der Waals surface area contributed by atoms with Crippen molar-refractivity contribution >= 4 is 5.69 Å². The molecule has 0 radical (unpaired) electrons. The quantitative estimate of drug-likeness (QED) is 0.849. The van der Waals surface area contributed by atoms with Crippen LogP contribution in [0.2, 0.25) is 0 Å². The highest BCUT2D eigenvalue weighted by molar-refractivity contribution is 5.51. The van der Waals surface area contributed by atoms with E-state index < -0.39 is 0 Å². The third kappa shape index (κ3) is 2.49. The summed E-state index contributed by atoms with van der Waals surface area (Å²) in [6, 6.07) is 8.35. The zero-order valence-corrected chi connectivity index (χ0v) is 11.3. The lowest BCUT2D eigenvalue weighted by Gasteiger charge is -2.29. The van der Waals surface area contributed by atoms with Gasteiger partial charge in [-0.15, -0.1) is 0 Å². The molecule has 19 heavy (non-hydrogen) atoms. The fourth-order valence-corrected chi connectivity index (χ4v) is 2.77. The molecule has 1 aliphatic rings. The number of fused-ring (bicyclic) bond motifs is 1. The predicted octanol–water partition coefficient (Wildman–Crippen LogP) is 1.60. The van der Waals surface area contributed by atoms with Gasteiger partial charge in [0.2, 0.25) is 0 Å². The fourth-order valence-electron chi connectivity index (χ4n) is 2.77. The van der Waals surface area contributed by atoms with Crippen LogP contribution in [0.25, 0.3) is 0 Å². The van der Waals surface area contributed by atoms with Crippen LogP contribution < -0.4 is 5.73 Å². The van der Waals surface area contributed by atoms with E-state index in [1.54, 1.807) is 0 Å². The van der Waals surface area contributed by atoms with Crippen molar-refractivity contribution in [1.29, 1.82) is 0 Å². The number of benzene rings is 1. The van der Waals surface area contributed by atoms with Crippen molar-refractivity contribution < 1.29 is 0 Å². The van der Waals surface area contributed by atoms with Crippen molar-refractivity contribution in [3.63, 3.8) is 0 Å². The Bertz CT molecular complexity index is 573. The molecule has 0 saturated carbocycles. The van der Waals surface area contributed by atoms with E-state index in [4.69, 9.17) is 5.73 Å². The number of rotatable bonds is 3. The molecule has 4 heteroatoms. The van der Waals surface area contributed by atoms with Gasteiger partial charge in [-0.05, 0) is 29.7 Å². The lowest BCUT2D eigenvalue weighted by atomic mass is 9.98. The average molecular weight is 256 g/mol. The number of nitrogen functional groups attached to an aromatic ring is 1. The lowest BCUT2D eigenvalue weighted by molar-refractivity contribution is 0.256. The lowest BCUT2D eigenvalue weighted by Crippen LogP contribution is -2.33. The molecule has 3 rings (SSSR count). The highest BCUT2D eigenvalue weighted by Gasteiger charge is 2.17. The first-order valence-corrected chi connectivity index (χ1v) is 6.79. The van der Waals surface area contributed by atoms with E-state index >= 15 is 0 Å². The van der Waals surface area contributed by atoms with Gasteiger partial charge < -0.3 is 5.73 Å². The van der Waals surface area contributed by atoms with E-state index in [1.165, 1.54) is 16.8 Å². The second-order valence-electron chi connectivity index (χ2n) is 5.21. The van der Waals surface area contributed by atoms with Gasteiger partial charge >= 0.3 is 0 Å². The maximum atomic E-state index is 6.08. The van der Waals surface area contributed by atoms with Gasteiger partial charge in [-0.25, -0.2) is 0 Å². The highest BCUT2D eigenvalue weighted by atomic mass is 15.3. The van der Waals surface area contributed by atoms with Gasteiger partial charge in [0, 0.05) is 50.7 Å². The van der Waals surface area contributed by atoms with E-state index in [-0.39, 0.29) is 0 Å². The molecule has 2 N–H and O–H groups in total. The van der Waals surface area contributed by atoms with Crippen LogP contribution in [0.4, 0.5) is 5.69 Å². The summed E-state index contributed by atoms with van der Waals surface area (Å²) in [4.78, 5) is 2.48. The van der Waals surface area contributed by atoms with Crippen molar-refractivity contribution in [1.82, 2.24) is 14.7 Å². The summed E-state index contributed by atoms with van der Waals surface area (Å²) in [6.45, 7) is 3.15. The van der Waals surface area contributed by atoms with Crippen LogP contribution in [0.3, 0.4) is 0 Å². The normalized spacial score (nSPS) is 15.4. The number of aryl methyl sites for hydroxylation is 1. The van der Waals surface area contributed by atoms with Crippen molar-refractivity contribution in [3.05, 3.63) is 47.3 Å². The maximum absolute atomic E-state index is 6.08. The first kappa shape index (κ1) is 12.2. The predicted molar refractivity (Wildman–Crippen MR) is 76.7 cm³/mol. The number of hydrogen-bond acceptors (Lipinski definition) is 3. The SMILES string of the molecule is Cn1nccc1CCN1CCc2cccc(N)c2C1. The molecule has 0 bridgehead atoms. The monoisotopic (exact) mass is 256 g/mol. The van der Waals surface area contributed by atoms with E-state index in [9.17, 15) is 0 Å². The molecule has 1 aromatic carbocycles. The third-order valence-corrected chi connectivity index (χ3v) is 3.99. The first-order valence-electron chi connectivity index (χ1n) is 6.79. The summed E-state index contributed by atoms with van der Waals surface area (Å²) >= 11 is 0. The van der Waals surface area contributed by atoms with Gasteiger partial charge in [0.25, 0.3) is 0 Å². The van der Waals surface area contributed by atoms with Gasteiger partial charge in [-0.2, -0.15) is 5.10 Å². The van der Waals surface area contributed by atoms with Crippen LogP contribution in [-0.2, 0) is 26.4 Å². The average Bonchev–Trinajstić information content (AvgIpc) is 2.83. The summed E-state index contributed by atoms with van der Waals surface area (Å²) in [6.07, 6.45) is 4.00. The van der Waals surface area contributed by atoms with Crippen molar-refractivity contribution in [2.75, 3.05) is 18.8 Å². The van der Waals surface area contributed by atoms with Gasteiger partial charge in [0.15, 0.2) is 0 Å². The minimum atomic E-state index is 0.933. The van der Waals surface area contributed by atoms with Gasteiger partial charge in [0.1, 0.15) is 0 Å². The van der Waals surface area contributed by atoms with E-state index in [2.05, 4.69) is 28.2 Å². The Hall–Kier alpha value is -1.81. The van der Waals surface area contributed by atoms with Crippen molar-refractivity contribution in [3.8, 4) is 0 Å². The Kier molecular flexibility index (Phi) is 3.25. The molecular formula is C15H20N4. The second-order valence-corrected chi connectivity index (χ2v) is 5.21. The Labute approximate surface area is 113 Å². The Morgan fingerprint density at radius 1 is 1.32 bits per heavy atom. The van der Waals surface area contributed by atoms with Crippen LogP contribution in [0.15, 0.2) is 30.5 Å². The number of nitrogens with two attached hydrogens (primary N) is 1. The molecule has 100 valence electrons. The van der Waals surface area contributed by atoms with Crippen molar-refractivity contribution in [2.45, 2.75) is 19.4 Å². The molecule has 0 saturated heterocycles. The second kappa shape index (κ2) is 5.05. The minimum Gasteiger partial charge on any atom is -0.398 e. The minimum absolute atomic E-state index is 0.933. The number of aromatic nitrogens is 2. The zero-order valence-electron chi connectivity index (χ0n) is 11.3. The van der Waals surface area contributed by atoms with Gasteiger partial charge in [-0.1, -0.05) is 12.1 Å². The molecule has 1 aromatic heterocycles. The Morgan fingerprint density at radius 2 is 2.21 bits per heavy atom. The van der Waals surface area contributed by atoms with E-state index in [0.717, 1.165) is 38.2 Å². The molecule has 0 fully saturated rings. The summed E-state index contributed by atoms with van der Waals surface area (Å²) in [5.41, 5.74) is 11.0. The largest absolute Gasteiger partial charge is 0.398 e. The Balaban J connectivity index is 1.66. The maximum Gasteiger partial charge on any atom is 0.0492 e. The van der Waals surface area contributed by atoms with Gasteiger partial charge in [-0.3, -0.25) is 9.58 Å². The Morgan fingerprint density at radius 3 is 3.00 bits per heavy atom. The topological polar surface area (TPSA) is 47.1 Å². The fraction of sp³-hybridized carbons (Fsp3) is 0.400. The smallest absolute Gasteiger partial charge is 0.0492 e. The number of hydrogen-bond donors (Lipinski definition) is 1. The summed E-state index contributed by atoms with van der Waals surface area (Å²) < 4.78 is 1.95. The molecule has 0 unspecified atom stereocenters. The summed E-state index contributed by atoms with van der Waals surface area (Å²) in [5, 5.41) is 4.21. The van der Waals surface area contributed by atoms with Crippen LogP contribution >= 0.6 is 0 Å². The highest BCUT2D eigenvalue weighted by Crippen LogP contribution is 2.24. The molecule has 1 aliphatic heterocycles. The standard InChI is InChI=1S/C15H20N4/c1-18-13(5-8-17-18)7-10-19-9-6-12-3-2-4-15(16)14(12)11-19/h2-5,8H,6-7,9-11,16H2,1H3. The first-order chi connectivity index (χ1) is 9.24. The van der Waals surface area contributed by atoms with Crippen LogP contribution in [0.5, 0.6) is 0 Å². The van der Waals surface area contributed by atoms with E-state index in [1.807, 2.05) is 24.0 Å². The molecule has 0 atom stereocenters. The summed E-state index contributed by atoms with van der Waals surface area (Å²) in [5.74, 6) is 0. The summed E-state index contributed by atoms with van der Waals surface area (Å²) in [7, 11) is 2.00. The molecule has 4 nitrogen and oxygen atoms in total. The van der Waals surface area contributed by atoms with Crippen LogP contribution in [0, 0.1) is 0 Å². The number of anilines is 1.